The van der Waals surface area contributed by atoms with E-state index in [1.807, 2.05) is 6.92 Å². The molecule has 1 atom stereocenters. The van der Waals surface area contributed by atoms with Crippen molar-refractivity contribution < 1.29 is 41.0 Å². The van der Waals surface area contributed by atoms with Gasteiger partial charge in [-0.15, -0.1) is 0 Å². The Bertz CT molecular complexity index is 1330. The molecule has 4 nitrogen and oxygen atoms in total. The Kier molecular flexibility index (Phi) is 7.68. The van der Waals surface area contributed by atoms with Crippen LogP contribution < -0.4 is 9.64 Å². The maximum Gasteiger partial charge on any atom is 0.416 e. The Balaban J connectivity index is 1.78. The Morgan fingerprint density at radius 1 is 0.897 bits per heavy atom. The fourth-order valence-electron chi connectivity index (χ4n) is 4.62. The molecule has 0 saturated carbocycles. The summed E-state index contributed by atoms with van der Waals surface area (Å²) in [4.78, 5) is 14.1. The second kappa shape index (κ2) is 10.7. The number of hydrogen-bond donors (Lipinski definition) is 1. The first-order chi connectivity index (χ1) is 18.3. The Hall–Kier alpha value is -3.95. The van der Waals surface area contributed by atoms with Gasteiger partial charge in [-0.25, -0.2) is 0 Å². The summed E-state index contributed by atoms with van der Waals surface area (Å²) in [5, 5.41) is 9.69. The van der Waals surface area contributed by atoms with Crippen LogP contribution in [-0.4, -0.2) is 30.0 Å². The predicted molar refractivity (Wildman–Crippen MR) is 134 cm³/mol. The summed E-state index contributed by atoms with van der Waals surface area (Å²) in [5.74, 6) is -0.970. The number of hydrogen-bond acceptors (Lipinski definition) is 3. The second-order valence-electron chi connectivity index (χ2n) is 9.35. The maximum atomic E-state index is 15.3. The lowest BCUT2D eigenvalue weighted by molar-refractivity contribution is -0.191. The highest BCUT2D eigenvalue weighted by Gasteiger charge is 2.63. The molecule has 1 aliphatic rings. The molecule has 1 unspecified atom stereocenters. The minimum absolute atomic E-state index is 0.0678. The van der Waals surface area contributed by atoms with Gasteiger partial charge in [-0.1, -0.05) is 42.0 Å². The van der Waals surface area contributed by atoms with Crippen molar-refractivity contribution >= 4 is 17.2 Å². The maximum absolute atomic E-state index is 15.3. The number of amides is 1. The largest absolute Gasteiger partial charge is 0.508 e. The Labute approximate surface area is 221 Å². The number of ether oxygens (including phenoxy) is 1. The van der Waals surface area contributed by atoms with E-state index < -0.39 is 36.6 Å². The van der Waals surface area contributed by atoms with Crippen molar-refractivity contribution in [2.75, 3.05) is 11.5 Å². The van der Waals surface area contributed by atoms with Crippen LogP contribution in [0.15, 0.2) is 78.9 Å². The van der Waals surface area contributed by atoms with Crippen LogP contribution in [0.4, 0.5) is 32.0 Å². The first-order valence-electron chi connectivity index (χ1n) is 12.1. The highest BCUT2D eigenvalue weighted by atomic mass is 19.4. The Morgan fingerprint density at radius 2 is 1.51 bits per heavy atom. The standard InChI is InChI=1S/C29H25F6NO3/c1-19-3-5-20(6-4-19)21-17-26(38)36(23-9-11-24(37)12-10-23)27(18-21,29(33,34)35)22-7-13-25(14-8-22)39-16-2-15-28(30,31)32/h3-14,17,37H,2,15-16,18H2,1H3. The minimum atomic E-state index is -4.96. The van der Waals surface area contributed by atoms with Crippen LogP contribution in [0.1, 0.15) is 36.0 Å². The van der Waals surface area contributed by atoms with Crippen LogP contribution in [0.3, 0.4) is 0 Å². The lowest BCUT2D eigenvalue weighted by Crippen LogP contribution is -2.60. The number of rotatable bonds is 7. The molecule has 10 heteroatoms. The summed E-state index contributed by atoms with van der Waals surface area (Å²) in [6.45, 7) is 1.57. The molecule has 1 heterocycles. The number of anilines is 1. The molecule has 1 amide bonds. The fourth-order valence-corrected chi connectivity index (χ4v) is 4.62. The third-order valence-electron chi connectivity index (χ3n) is 6.55. The van der Waals surface area contributed by atoms with Crippen molar-refractivity contribution in [3.63, 3.8) is 0 Å². The van der Waals surface area contributed by atoms with Gasteiger partial charge in [0.15, 0.2) is 5.54 Å². The third kappa shape index (κ3) is 6.05. The van der Waals surface area contributed by atoms with E-state index in [9.17, 15) is 23.1 Å². The first kappa shape index (κ1) is 28.1. The summed E-state index contributed by atoms with van der Waals surface area (Å²) < 4.78 is 88.3. The monoisotopic (exact) mass is 549 g/mol. The average molecular weight is 550 g/mol. The van der Waals surface area contributed by atoms with Gasteiger partial charge in [-0.05, 0) is 66.4 Å². The number of halogens is 6. The van der Waals surface area contributed by atoms with Crippen LogP contribution >= 0.6 is 0 Å². The number of alkyl halides is 6. The van der Waals surface area contributed by atoms with Gasteiger partial charge in [0.2, 0.25) is 0 Å². The summed E-state index contributed by atoms with van der Waals surface area (Å²) >= 11 is 0. The molecular formula is C29H25F6NO3. The molecule has 0 aliphatic carbocycles. The summed E-state index contributed by atoms with van der Waals surface area (Å²) in [5.41, 5.74) is -1.58. The average Bonchev–Trinajstić information content (AvgIpc) is 2.86. The smallest absolute Gasteiger partial charge is 0.416 e. The van der Waals surface area contributed by atoms with Gasteiger partial charge >= 0.3 is 12.4 Å². The minimum Gasteiger partial charge on any atom is -0.508 e. The summed E-state index contributed by atoms with van der Waals surface area (Å²) in [7, 11) is 0. The van der Waals surface area contributed by atoms with Crippen molar-refractivity contribution in [3.05, 3.63) is 95.6 Å². The van der Waals surface area contributed by atoms with E-state index in [1.165, 1.54) is 54.6 Å². The normalized spacial score (nSPS) is 18.2. The molecule has 0 bridgehead atoms. The topological polar surface area (TPSA) is 49.8 Å². The van der Waals surface area contributed by atoms with Crippen LogP contribution in [0.2, 0.25) is 0 Å². The number of carbonyl (C=O) groups is 1. The second-order valence-corrected chi connectivity index (χ2v) is 9.35. The number of carbonyl (C=O) groups excluding carboxylic acids is 1. The van der Waals surface area contributed by atoms with Crippen molar-refractivity contribution in [2.24, 2.45) is 0 Å². The molecule has 3 aromatic rings. The van der Waals surface area contributed by atoms with E-state index >= 15 is 13.2 Å². The molecule has 0 aromatic heterocycles. The number of aromatic hydroxyl groups is 1. The summed E-state index contributed by atoms with van der Waals surface area (Å²) in [6, 6.07) is 16.5. The number of phenolic OH excluding ortho intramolecular Hbond substituents is 1. The highest BCUT2D eigenvalue weighted by Crippen LogP contribution is 2.53. The van der Waals surface area contributed by atoms with Crippen molar-refractivity contribution in [3.8, 4) is 11.5 Å². The molecule has 1 N–H and O–H groups in total. The van der Waals surface area contributed by atoms with Gasteiger partial charge in [-0.2, -0.15) is 26.3 Å². The van der Waals surface area contributed by atoms with E-state index in [1.54, 1.807) is 24.3 Å². The van der Waals surface area contributed by atoms with Crippen molar-refractivity contribution in [1.82, 2.24) is 0 Å². The molecule has 0 fully saturated rings. The van der Waals surface area contributed by atoms with E-state index in [4.69, 9.17) is 4.74 Å². The van der Waals surface area contributed by atoms with E-state index in [-0.39, 0.29) is 41.4 Å². The number of aryl methyl sites for hydroxylation is 1. The quantitative estimate of drug-likeness (QED) is 0.243. The molecule has 3 aromatic carbocycles. The van der Waals surface area contributed by atoms with Crippen molar-refractivity contribution in [1.29, 1.82) is 0 Å². The zero-order valence-electron chi connectivity index (χ0n) is 20.8. The van der Waals surface area contributed by atoms with E-state index in [0.717, 1.165) is 5.56 Å². The molecule has 1 aliphatic heterocycles. The molecule has 0 spiro atoms. The van der Waals surface area contributed by atoms with E-state index in [0.29, 0.717) is 10.5 Å². The van der Waals surface area contributed by atoms with Gasteiger partial charge < -0.3 is 9.84 Å². The zero-order chi connectivity index (χ0) is 28.4. The molecule has 39 heavy (non-hydrogen) atoms. The predicted octanol–water partition coefficient (Wildman–Crippen LogP) is 7.70. The van der Waals surface area contributed by atoms with Gasteiger partial charge in [0.25, 0.3) is 5.91 Å². The molecule has 0 saturated heterocycles. The Morgan fingerprint density at radius 3 is 2.08 bits per heavy atom. The highest BCUT2D eigenvalue weighted by molar-refractivity contribution is 6.09. The van der Waals surface area contributed by atoms with Crippen LogP contribution in [0.25, 0.3) is 5.57 Å². The fraction of sp³-hybridized carbons (Fsp3) is 0.276. The molecule has 4 rings (SSSR count). The first-order valence-corrected chi connectivity index (χ1v) is 12.1. The van der Waals surface area contributed by atoms with Crippen LogP contribution in [-0.2, 0) is 10.3 Å². The number of phenols is 1. The third-order valence-corrected chi connectivity index (χ3v) is 6.55. The van der Waals surface area contributed by atoms with Gasteiger partial charge in [0.05, 0.1) is 6.61 Å². The van der Waals surface area contributed by atoms with E-state index in [2.05, 4.69) is 0 Å². The lowest BCUT2D eigenvalue weighted by Gasteiger charge is -2.47. The number of benzene rings is 3. The van der Waals surface area contributed by atoms with Gasteiger partial charge in [0.1, 0.15) is 11.5 Å². The SMILES string of the molecule is Cc1ccc(C2=CC(=O)N(c3ccc(O)cc3)C(c3ccc(OCCCC(F)(F)F)cc3)(C(F)(F)F)C2)cc1. The number of nitrogens with zero attached hydrogens (tertiary/aromatic N) is 1. The van der Waals surface area contributed by atoms with Crippen LogP contribution in [0, 0.1) is 6.92 Å². The summed E-state index contributed by atoms with van der Waals surface area (Å²) in [6.07, 6.45) is -10.1. The molecular weight excluding hydrogens is 524 g/mol. The van der Waals surface area contributed by atoms with Gasteiger partial charge in [-0.3, -0.25) is 9.69 Å². The zero-order valence-corrected chi connectivity index (χ0v) is 20.8. The van der Waals surface area contributed by atoms with Crippen molar-refractivity contribution in [2.45, 2.75) is 44.1 Å². The lowest BCUT2D eigenvalue weighted by atomic mass is 9.76. The molecule has 206 valence electrons. The van der Waals surface area contributed by atoms with Gasteiger partial charge in [0, 0.05) is 24.6 Å². The van der Waals surface area contributed by atoms with Crippen LogP contribution in [0.5, 0.6) is 11.5 Å². The molecule has 0 radical (unpaired) electrons.